The Bertz CT molecular complexity index is 1440. The molecule has 10 nitrogen and oxygen atoms in total. The molecule has 2 aromatic heterocycles. The predicted octanol–water partition coefficient (Wildman–Crippen LogP) is 3.03. The van der Waals surface area contributed by atoms with Crippen LogP contribution in [0, 0.1) is 12.7 Å². The van der Waals surface area contributed by atoms with Crippen molar-refractivity contribution in [2.24, 2.45) is 0 Å². The monoisotopic (exact) mass is 475 g/mol. The third kappa shape index (κ3) is 3.73. The van der Waals surface area contributed by atoms with Crippen LogP contribution in [-0.2, 0) is 0 Å². The topological polar surface area (TPSA) is 120 Å². The van der Waals surface area contributed by atoms with Gasteiger partial charge in [0.15, 0.2) is 11.6 Å². The van der Waals surface area contributed by atoms with Crippen molar-refractivity contribution in [2.75, 3.05) is 18.5 Å². The number of nitrogens with zero attached hydrogens (tertiary/aromatic N) is 6. The number of aryl methyl sites for hydroxylation is 1. The summed E-state index contributed by atoms with van der Waals surface area (Å²) < 4.78 is 24.2. The van der Waals surface area contributed by atoms with E-state index in [1.165, 1.54) is 16.8 Å². The molecule has 11 heteroatoms. The van der Waals surface area contributed by atoms with Crippen LogP contribution in [0.2, 0.25) is 0 Å². The van der Waals surface area contributed by atoms with Gasteiger partial charge < -0.3 is 19.7 Å². The molecule has 2 aromatic carbocycles. The number of aliphatic hydroxyl groups is 1. The molecule has 1 saturated carbocycles. The van der Waals surface area contributed by atoms with Gasteiger partial charge in [-0.15, -0.1) is 5.10 Å². The number of aliphatic hydroxyl groups excluding tert-OH is 1. The van der Waals surface area contributed by atoms with E-state index in [2.05, 4.69) is 25.8 Å². The third-order valence-electron chi connectivity index (χ3n) is 6.38. The number of para-hydroxylation sites is 1. The lowest BCUT2D eigenvalue weighted by Gasteiger charge is -2.15. The second-order valence-electron chi connectivity index (χ2n) is 8.83. The number of rotatable bonds is 5. The Hall–Kier alpha value is -4.12. The number of aromatic nitrogens is 6. The summed E-state index contributed by atoms with van der Waals surface area (Å²) in [5.41, 5.74) is 3.19. The van der Waals surface area contributed by atoms with Crippen LogP contribution in [0.15, 0.2) is 42.9 Å². The zero-order valence-electron chi connectivity index (χ0n) is 18.8. The molecule has 0 spiro atoms. The number of fused-ring (bicyclic) bond motifs is 3. The van der Waals surface area contributed by atoms with Crippen LogP contribution < -0.4 is 10.1 Å². The largest absolute Gasteiger partial charge is 0.488 e. The van der Waals surface area contributed by atoms with Crippen molar-refractivity contribution in [3.05, 3.63) is 65.5 Å². The fraction of sp³-hybridized carbons (Fsp3) is 0.292. The fourth-order valence-electron chi connectivity index (χ4n) is 4.33. The Kier molecular flexibility index (Phi) is 5.06. The number of nitrogens with one attached hydrogen (secondary N) is 1. The molecule has 2 aliphatic rings. The second kappa shape index (κ2) is 8.27. The SMILES string of the molecule is Cc1cc(F)c(C(=O)Nc2cccc3c2OC[C@@H](CO)n2nnnc2-3)cc1-n1cnc(C2CC2)c1. The van der Waals surface area contributed by atoms with Crippen LogP contribution in [0.5, 0.6) is 5.75 Å². The molecule has 0 radical (unpaired) electrons. The highest BCUT2D eigenvalue weighted by molar-refractivity contribution is 6.06. The van der Waals surface area contributed by atoms with Gasteiger partial charge in [-0.05, 0) is 60.0 Å². The number of hydrogen-bond donors (Lipinski definition) is 2. The summed E-state index contributed by atoms with van der Waals surface area (Å²) >= 11 is 0. The summed E-state index contributed by atoms with van der Waals surface area (Å²) in [4.78, 5) is 17.7. The van der Waals surface area contributed by atoms with Gasteiger partial charge in [0.05, 0.1) is 41.1 Å². The van der Waals surface area contributed by atoms with Crippen LogP contribution in [0.3, 0.4) is 0 Å². The van der Waals surface area contributed by atoms with E-state index in [4.69, 9.17) is 4.74 Å². The molecule has 1 atom stereocenters. The smallest absolute Gasteiger partial charge is 0.258 e. The van der Waals surface area contributed by atoms with Crippen LogP contribution >= 0.6 is 0 Å². The molecular formula is C24H22FN7O3. The first kappa shape index (κ1) is 21.4. The minimum atomic E-state index is -0.626. The molecule has 1 fully saturated rings. The number of amides is 1. The number of benzene rings is 2. The van der Waals surface area contributed by atoms with Gasteiger partial charge >= 0.3 is 0 Å². The van der Waals surface area contributed by atoms with E-state index in [1.807, 2.05) is 10.8 Å². The van der Waals surface area contributed by atoms with Gasteiger partial charge in [-0.1, -0.05) is 6.07 Å². The molecule has 35 heavy (non-hydrogen) atoms. The van der Waals surface area contributed by atoms with Gasteiger partial charge in [0.1, 0.15) is 18.5 Å². The zero-order chi connectivity index (χ0) is 24.1. The Morgan fingerprint density at radius 2 is 2.17 bits per heavy atom. The fourth-order valence-corrected chi connectivity index (χ4v) is 4.33. The number of hydrogen-bond acceptors (Lipinski definition) is 7. The molecule has 0 bridgehead atoms. The second-order valence-corrected chi connectivity index (χ2v) is 8.83. The number of carbonyl (C=O) groups excluding carboxylic acids is 1. The van der Waals surface area contributed by atoms with E-state index in [-0.39, 0.29) is 18.8 Å². The van der Waals surface area contributed by atoms with Crippen LogP contribution in [0.4, 0.5) is 10.1 Å². The van der Waals surface area contributed by atoms with Gasteiger partial charge in [-0.2, -0.15) is 0 Å². The third-order valence-corrected chi connectivity index (χ3v) is 6.38. The Balaban J connectivity index is 1.34. The van der Waals surface area contributed by atoms with Crippen LogP contribution in [-0.4, -0.2) is 54.0 Å². The molecule has 3 heterocycles. The van der Waals surface area contributed by atoms with E-state index in [1.54, 1.807) is 31.5 Å². The van der Waals surface area contributed by atoms with Crippen LogP contribution in [0.1, 0.15) is 46.4 Å². The van der Waals surface area contributed by atoms with Crippen molar-refractivity contribution in [2.45, 2.75) is 31.7 Å². The van der Waals surface area contributed by atoms with Gasteiger partial charge in [-0.3, -0.25) is 4.79 Å². The van der Waals surface area contributed by atoms with E-state index in [0.717, 1.165) is 18.5 Å². The number of halogens is 1. The molecule has 178 valence electrons. The Labute approximate surface area is 199 Å². The normalized spacial score (nSPS) is 16.7. The molecule has 4 aromatic rings. The summed E-state index contributed by atoms with van der Waals surface area (Å²) in [5.74, 6) is -0.00354. The zero-order valence-corrected chi connectivity index (χ0v) is 18.8. The molecular weight excluding hydrogens is 453 g/mol. The number of anilines is 1. The Morgan fingerprint density at radius 3 is 2.97 bits per heavy atom. The highest BCUT2D eigenvalue weighted by Crippen LogP contribution is 2.40. The van der Waals surface area contributed by atoms with E-state index < -0.39 is 17.8 Å². The summed E-state index contributed by atoms with van der Waals surface area (Å²) in [7, 11) is 0. The quantitative estimate of drug-likeness (QED) is 0.455. The minimum absolute atomic E-state index is 0.0986. The van der Waals surface area contributed by atoms with Gasteiger partial charge in [-0.25, -0.2) is 14.1 Å². The molecule has 0 saturated heterocycles. The van der Waals surface area contributed by atoms with Crippen LogP contribution in [0.25, 0.3) is 17.1 Å². The summed E-state index contributed by atoms with van der Waals surface area (Å²) in [6.45, 7) is 1.67. The molecule has 1 aliphatic heterocycles. The molecule has 1 aliphatic carbocycles. The lowest BCUT2D eigenvalue weighted by Crippen LogP contribution is -2.21. The lowest BCUT2D eigenvalue weighted by molar-refractivity contribution is 0.102. The average molecular weight is 475 g/mol. The summed E-state index contributed by atoms with van der Waals surface area (Å²) in [5, 5.41) is 24.2. The number of carbonyl (C=O) groups is 1. The highest BCUT2D eigenvalue weighted by Gasteiger charge is 2.28. The van der Waals surface area contributed by atoms with E-state index >= 15 is 0 Å². The highest BCUT2D eigenvalue weighted by atomic mass is 19.1. The maximum Gasteiger partial charge on any atom is 0.258 e. The maximum atomic E-state index is 14.9. The van der Waals surface area contributed by atoms with Crippen molar-refractivity contribution in [3.8, 4) is 22.8 Å². The summed E-state index contributed by atoms with van der Waals surface area (Å²) in [6, 6.07) is 7.54. The first-order valence-corrected chi connectivity index (χ1v) is 11.3. The number of ether oxygens (including phenoxy) is 1. The Morgan fingerprint density at radius 1 is 1.31 bits per heavy atom. The minimum Gasteiger partial charge on any atom is -0.488 e. The summed E-state index contributed by atoms with van der Waals surface area (Å²) in [6.07, 6.45) is 5.89. The first-order chi connectivity index (χ1) is 17.0. The van der Waals surface area contributed by atoms with Crippen molar-refractivity contribution < 1.29 is 19.0 Å². The number of tetrazole rings is 1. The predicted molar refractivity (Wildman–Crippen MR) is 123 cm³/mol. The average Bonchev–Trinajstić information content (AvgIpc) is 3.43. The van der Waals surface area contributed by atoms with Crippen molar-refractivity contribution in [1.29, 1.82) is 0 Å². The molecule has 2 N–H and O–H groups in total. The van der Waals surface area contributed by atoms with Gasteiger partial charge in [0, 0.05) is 12.1 Å². The van der Waals surface area contributed by atoms with Crippen molar-refractivity contribution in [1.82, 2.24) is 29.8 Å². The molecule has 0 unspecified atom stereocenters. The standard InChI is InChI=1S/C24H22FN7O3/c1-13-7-18(25)17(8-21(13)31-9-20(26-12-31)14-5-6-14)24(34)27-19-4-2-3-16-22(19)35-11-15(10-33)32-23(16)28-29-30-32/h2-4,7-9,12,14-15,33H,5-6,10-11H2,1H3,(H,27,34)/t15-/m1/s1. The van der Waals surface area contributed by atoms with E-state index in [9.17, 15) is 14.3 Å². The van der Waals surface area contributed by atoms with Gasteiger partial charge in [0.2, 0.25) is 0 Å². The molecule has 1 amide bonds. The van der Waals surface area contributed by atoms with Gasteiger partial charge in [0.25, 0.3) is 5.91 Å². The molecule has 6 rings (SSSR count). The maximum absolute atomic E-state index is 14.9. The number of imidazole rings is 1. The lowest BCUT2D eigenvalue weighted by atomic mass is 10.1. The van der Waals surface area contributed by atoms with Crippen molar-refractivity contribution in [3.63, 3.8) is 0 Å². The van der Waals surface area contributed by atoms with Crippen molar-refractivity contribution >= 4 is 11.6 Å². The van der Waals surface area contributed by atoms with E-state index in [0.29, 0.717) is 40.0 Å². The first-order valence-electron chi connectivity index (χ1n) is 11.3.